The number of halogens is 4. The van der Waals surface area contributed by atoms with Crippen molar-refractivity contribution in [1.82, 2.24) is 10.4 Å². The number of likely N-dealkylation sites (N-methyl/N-ethyl adjacent to an activating group) is 1. The Morgan fingerprint density at radius 1 is 1.29 bits per heavy atom. The molecule has 2 N–H and O–H groups in total. The number of carbonyl (C=O) groups is 1. The third-order valence-electron chi connectivity index (χ3n) is 3.56. The van der Waals surface area contributed by atoms with E-state index in [2.05, 4.69) is 10.2 Å². The third-order valence-corrected chi connectivity index (χ3v) is 3.56. The van der Waals surface area contributed by atoms with Crippen LogP contribution in [0.5, 0.6) is 0 Å². The predicted molar refractivity (Wildman–Crippen MR) is 65.9 cm³/mol. The van der Waals surface area contributed by atoms with Crippen LogP contribution in [0.3, 0.4) is 0 Å². The van der Waals surface area contributed by atoms with E-state index in [1.165, 1.54) is 0 Å². The molecule has 5 nitrogen and oxygen atoms in total. The van der Waals surface area contributed by atoms with Crippen LogP contribution in [0.25, 0.3) is 0 Å². The summed E-state index contributed by atoms with van der Waals surface area (Å²) in [4.78, 5) is 16.1. The van der Waals surface area contributed by atoms with Crippen molar-refractivity contribution in [2.24, 2.45) is 5.92 Å². The second-order valence-electron chi connectivity index (χ2n) is 5.42. The van der Waals surface area contributed by atoms with Crippen molar-refractivity contribution >= 4 is 5.97 Å². The summed E-state index contributed by atoms with van der Waals surface area (Å²) in [7, 11) is 1.63. The number of hydrogen-bond donors (Lipinski definition) is 2. The van der Waals surface area contributed by atoms with Crippen LogP contribution in [0.15, 0.2) is 0 Å². The molecule has 1 aliphatic heterocycles. The van der Waals surface area contributed by atoms with Gasteiger partial charge in [-0.25, -0.2) is 0 Å². The van der Waals surface area contributed by atoms with Gasteiger partial charge in [0.2, 0.25) is 0 Å². The van der Waals surface area contributed by atoms with Crippen LogP contribution in [0.2, 0.25) is 0 Å². The van der Waals surface area contributed by atoms with E-state index in [0.717, 1.165) is 0 Å². The second kappa shape index (κ2) is 6.45. The average Bonchev–Trinajstić information content (AvgIpc) is 2.54. The third kappa shape index (κ3) is 4.27. The average molecular weight is 316 g/mol. The minimum Gasteiger partial charge on any atom is -0.391 e. The first-order chi connectivity index (χ1) is 9.50. The first-order valence-electron chi connectivity index (χ1n) is 6.57. The van der Waals surface area contributed by atoms with Crippen molar-refractivity contribution in [2.75, 3.05) is 20.1 Å². The minimum absolute atomic E-state index is 0.263. The van der Waals surface area contributed by atoms with E-state index in [4.69, 9.17) is 0 Å². The number of rotatable bonds is 6. The molecule has 9 heteroatoms. The van der Waals surface area contributed by atoms with Crippen LogP contribution in [0.4, 0.5) is 17.6 Å². The summed E-state index contributed by atoms with van der Waals surface area (Å²) < 4.78 is 51.7. The molecule has 0 amide bonds. The maximum absolute atomic E-state index is 12.9. The summed E-state index contributed by atoms with van der Waals surface area (Å²) in [5.74, 6) is -9.89. The molecule has 0 radical (unpaired) electrons. The number of alkyl halides is 4. The zero-order chi connectivity index (χ0) is 16.4. The highest BCUT2D eigenvalue weighted by molar-refractivity contribution is 5.69. The van der Waals surface area contributed by atoms with Gasteiger partial charge in [0, 0.05) is 6.04 Å². The molecule has 0 unspecified atom stereocenters. The molecule has 0 spiro atoms. The monoisotopic (exact) mass is 316 g/mol. The molecule has 1 aliphatic rings. The SMILES string of the molecule is CN[C@@H](C)[C@H](O)[C@H](C)CC(=O)ON1CC(F)(F)C(F)(F)C1. The Balaban J connectivity index is 2.49. The molecule has 1 rings (SSSR count). The largest absolute Gasteiger partial charge is 0.391 e. The molecule has 0 aromatic rings. The van der Waals surface area contributed by atoms with Gasteiger partial charge in [-0.3, -0.25) is 4.79 Å². The Morgan fingerprint density at radius 3 is 2.19 bits per heavy atom. The molecule has 0 bridgehead atoms. The van der Waals surface area contributed by atoms with Gasteiger partial charge >= 0.3 is 17.8 Å². The Hall–Kier alpha value is -0.930. The highest BCUT2D eigenvalue weighted by atomic mass is 19.3. The Kier molecular flexibility index (Phi) is 5.57. The lowest BCUT2D eigenvalue weighted by Gasteiger charge is -2.24. The standard InChI is InChI=1S/C12H20F4N2O3/c1-7(10(20)8(2)17-3)4-9(19)21-18-5-11(13,14)12(15,16)6-18/h7-8,10,17,20H,4-6H2,1-3H3/t7-,8+,10-/m1/s1. The number of aliphatic hydroxyl groups is 1. The Morgan fingerprint density at radius 2 is 1.76 bits per heavy atom. The molecule has 0 saturated carbocycles. The van der Waals surface area contributed by atoms with Crippen LogP contribution in [0, 0.1) is 5.92 Å². The first-order valence-corrected chi connectivity index (χ1v) is 6.57. The van der Waals surface area contributed by atoms with E-state index in [1.54, 1.807) is 20.9 Å². The molecule has 0 aromatic carbocycles. The molecule has 3 atom stereocenters. The normalized spacial score (nSPS) is 25.3. The molecule has 1 saturated heterocycles. The zero-order valence-electron chi connectivity index (χ0n) is 12.1. The van der Waals surface area contributed by atoms with E-state index in [-0.39, 0.29) is 17.5 Å². The highest BCUT2D eigenvalue weighted by Gasteiger charge is 2.64. The van der Waals surface area contributed by atoms with Crippen LogP contribution < -0.4 is 5.32 Å². The summed E-state index contributed by atoms with van der Waals surface area (Å²) in [5, 5.41) is 12.9. The predicted octanol–water partition coefficient (Wildman–Crippen LogP) is 1.03. The van der Waals surface area contributed by atoms with Gasteiger partial charge in [0.05, 0.1) is 12.5 Å². The van der Waals surface area contributed by atoms with Gasteiger partial charge in [0.1, 0.15) is 13.1 Å². The number of carbonyl (C=O) groups excluding carboxylic acids is 1. The van der Waals surface area contributed by atoms with Gasteiger partial charge in [0.15, 0.2) is 0 Å². The lowest BCUT2D eigenvalue weighted by Crippen LogP contribution is -2.40. The van der Waals surface area contributed by atoms with Crippen LogP contribution in [-0.4, -0.2) is 60.3 Å². The van der Waals surface area contributed by atoms with Gasteiger partial charge in [-0.05, 0) is 19.9 Å². The maximum Gasteiger partial charge on any atom is 0.327 e. The first kappa shape index (κ1) is 18.1. The van der Waals surface area contributed by atoms with Crippen molar-refractivity contribution < 1.29 is 32.3 Å². The van der Waals surface area contributed by atoms with E-state index in [9.17, 15) is 27.5 Å². The van der Waals surface area contributed by atoms with Crippen molar-refractivity contribution in [2.45, 2.75) is 44.3 Å². The van der Waals surface area contributed by atoms with Gasteiger partial charge < -0.3 is 15.3 Å². The maximum atomic E-state index is 12.9. The van der Waals surface area contributed by atoms with Gasteiger partial charge in [-0.2, -0.15) is 17.6 Å². The van der Waals surface area contributed by atoms with E-state index < -0.39 is 42.9 Å². The van der Waals surface area contributed by atoms with Gasteiger partial charge in [0.25, 0.3) is 0 Å². The quantitative estimate of drug-likeness (QED) is 0.717. The Labute approximate surface area is 120 Å². The van der Waals surface area contributed by atoms with Crippen molar-refractivity contribution in [1.29, 1.82) is 0 Å². The number of hydroxylamine groups is 2. The van der Waals surface area contributed by atoms with Gasteiger partial charge in [-0.1, -0.05) is 6.92 Å². The molecule has 21 heavy (non-hydrogen) atoms. The summed E-state index contributed by atoms with van der Waals surface area (Å²) >= 11 is 0. The molecule has 1 fully saturated rings. The molecular weight excluding hydrogens is 296 g/mol. The lowest BCUT2D eigenvalue weighted by atomic mass is 9.96. The number of nitrogens with zero attached hydrogens (tertiary/aromatic N) is 1. The Bertz CT molecular complexity index is 366. The smallest absolute Gasteiger partial charge is 0.327 e. The number of aliphatic hydroxyl groups excluding tert-OH is 1. The number of hydrogen-bond acceptors (Lipinski definition) is 5. The second-order valence-corrected chi connectivity index (χ2v) is 5.42. The molecule has 0 aromatic heterocycles. The summed E-state index contributed by atoms with van der Waals surface area (Å²) in [5.41, 5.74) is 0. The molecule has 1 heterocycles. The van der Waals surface area contributed by atoms with Crippen molar-refractivity contribution in [3.8, 4) is 0 Å². The molecule has 0 aliphatic carbocycles. The number of nitrogens with one attached hydrogen (secondary N) is 1. The minimum atomic E-state index is -4.22. The van der Waals surface area contributed by atoms with E-state index in [0.29, 0.717) is 0 Å². The molecular formula is C12H20F4N2O3. The topological polar surface area (TPSA) is 61.8 Å². The summed E-state index contributed by atoms with van der Waals surface area (Å²) in [6.45, 7) is 0.603. The summed E-state index contributed by atoms with van der Waals surface area (Å²) in [6.07, 6.45) is -1.12. The molecule has 124 valence electrons. The lowest BCUT2D eigenvalue weighted by molar-refractivity contribution is -0.192. The van der Waals surface area contributed by atoms with E-state index in [1.807, 2.05) is 0 Å². The van der Waals surface area contributed by atoms with Crippen LogP contribution in [-0.2, 0) is 9.63 Å². The van der Waals surface area contributed by atoms with Crippen LogP contribution in [0.1, 0.15) is 20.3 Å². The van der Waals surface area contributed by atoms with Gasteiger partial charge in [-0.15, -0.1) is 5.06 Å². The van der Waals surface area contributed by atoms with E-state index >= 15 is 0 Å². The highest BCUT2D eigenvalue weighted by Crippen LogP contribution is 2.41. The fraction of sp³-hybridized carbons (Fsp3) is 0.917. The van der Waals surface area contributed by atoms with Crippen molar-refractivity contribution in [3.63, 3.8) is 0 Å². The zero-order valence-corrected chi connectivity index (χ0v) is 12.1. The fourth-order valence-corrected chi connectivity index (χ4v) is 2.02. The van der Waals surface area contributed by atoms with Crippen LogP contribution >= 0.6 is 0 Å². The van der Waals surface area contributed by atoms with Crippen molar-refractivity contribution in [3.05, 3.63) is 0 Å². The summed E-state index contributed by atoms with van der Waals surface area (Å²) in [6, 6.07) is -0.284. The fourth-order valence-electron chi connectivity index (χ4n) is 2.02.